The summed E-state index contributed by atoms with van der Waals surface area (Å²) < 4.78 is 112. The van der Waals surface area contributed by atoms with E-state index in [9.17, 15) is 35.1 Å². The van der Waals surface area contributed by atoms with E-state index in [4.69, 9.17) is 4.74 Å². The second-order valence-electron chi connectivity index (χ2n) is 9.78. The van der Waals surface area contributed by atoms with Crippen molar-refractivity contribution in [3.05, 3.63) is 76.6 Å². The lowest BCUT2D eigenvalue weighted by Crippen LogP contribution is -2.54. The molecule has 2 saturated heterocycles. The summed E-state index contributed by atoms with van der Waals surface area (Å²) in [6.45, 7) is -1.18. The molecular weight excluding hydrogens is 538 g/mol. The zero-order valence-electron chi connectivity index (χ0n) is 20.2. The molecule has 0 spiro atoms. The van der Waals surface area contributed by atoms with Crippen LogP contribution in [0.3, 0.4) is 0 Å². The molecule has 2 bridgehead atoms. The molecule has 0 aliphatic carbocycles. The first-order valence-corrected chi connectivity index (χ1v) is 12.1. The number of hydrogen-bond acceptors (Lipinski definition) is 5. The summed E-state index contributed by atoms with van der Waals surface area (Å²) in [7, 11) is 0. The van der Waals surface area contributed by atoms with Crippen LogP contribution in [0.4, 0.5) is 35.1 Å². The Morgan fingerprint density at radius 2 is 1.64 bits per heavy atom. The van der Waals surface area contributed by atoms with E-state index in [2.05, 4.69) is 20.7 Å². The standard InChI is InChI=1S/C25H23F8N5O/c26-21(27)12-38-36-22(35-37-38)18-11-23(15-4-2-1-3-5-15)20(7-6-19(18)34-23)39-13-14-8-16(24(28,29)30)10-17(9-14)25(31,32)33/h1-5,8-10,18-21,34H,6-7,11-13H2. The van der Waals surface area contributed by atoms with Crippen LogP contribution in [0.15, 0.2) is 48.5 Å². The van der Waals surface area contributed by atoms with Gasteiger partial charge in [0.1, 0.15) is 6.54 Å². The van der Waals surface area contributed by atoms with Crippen LogP contribution in [-0.4, -0.2) is 38.8 Å². The van der Waals surface area contributed by atoms with Gasteiger partial charge in [-0.3, -0.25) is 0 Å². The van der Waals surface area contributed by atoms with Gasteiger partial charge in [-0.05, 0) is 53.8 Å². The molecule has 4 unspecified atom stereocenters. The van der Waals surface area contributed by atoms with Gasteiger partial charge in [0.05, 0.1) is 29.4 Å². The number of aromatic nitrogens is 4. The van der Waals surface area contributed by atoms with E-state index in [-0.39, 0.29) is 29.4 Å². The Labute approximate surface area is 217 Å². The third kappa shape index (κ3) is 5.62. The van der Waals surface area contributed by atoms with Crippen molar-refractivity contribution in [1.29, 1.82) is 0 Å². The summed E-state index contributed by atoms with van der Waals surface area (Å²) in [4.78, 5) is 0.831. The third-order valence-corrected chi connectivity index (χ3v) is 7.25. The molecule has 2 fully saturated rings. The summed E-state index contributed by atoms with van der Waals surface area (Å²) in [6, 6.07) is 10.3. The largest absolute Gasteiger partial charge is 0.416 e. The molecule has 3 aromatic rings. The number of piperidine rings is 1. The number of alkyl halides is 8. The average molecular weight is 561 g/mol. The minimum atomic E-state index is -4.96. The molecular formula is C25H23F8N5O. The first-order valence-electron chi connectivity index (χ1n) is 12.1. The number of hydrogen-bond donors (Lipinski definition) is 1. The number of fused-ring (bicyclic) bond motifs is 2. The van der Waals surface area contributed by atoms with E-state index in [1.165, 1.54) is 0 Å². The average Bonchev–Trinajstić information content (AvgIpc) is 3.45. The normalized spacial score (nSPS) is 25.4. The van der Waals surface area contributed by atoms with Crippen molar-refractivity contribution in [3.8, 4) is 0 Å². The summed E-state index contributed by atoms with van der Waals surface area (Å²) >= 11 is 0. The molecule has 3 heterocycles. The number of nitrogens with one attached hydrogen (secondary N) is 1. The number of ether oxygens (including phenoxy) is 1. The van der Waals surface area contributed by atoms with E-state index in [1.54, 1.807) is 12.1 Å². The summed E-state index contributed by atoms with van der Waals surface area (Å²) in [5.74, 6) is -0.0464. The summed E-state index contributed by atoms with van der Waals surface area (Å²) in [5, 5.41) is 15.3. The van der Waals surface area contributed by atoms with Gasteiger partial charge in [-0.2, -0.15) is 31.1 Å². The monoisotopic (exact) mass is 561 g/mol. The summed E-state index contributed by atoms with van der Waals surface area (Å²) in [5.41, 5.74) is -3.13. The van der Waals surface area contributed by atoms with Crippen molar-refractivity contribution in [3.63, 3.8) is 0 Å². The maximum absolute atomic E-state index is 13.3. The first kappa shape index (κ1) is 27.4. The first-order chi connectivity index (χ1) is 18.3. The molecule has 0 saturated carbocycles. The van der Waals surface area contributed by atoms with Crippen molar-refractivity contribution in [2.24, 2.45) is 0 Å². The molecule has 210 valence electrons. The smallest absolute Gasteiger partial charge is 0.371 e. The highest BCUT2D eigenvalue weighted by Gasteiger charge is 2.55. The number of nitrogens with zero attached hydrogens (tertiary/aromatic N) is 4. The van der Waals surface area contributed by atoms with E-state index in [0.29, 0.717) is 31.4 Å². The second kappa shape index (κ2) is 10.1. The highest BCUT2D eigenvalue weighted by Crippen LogP contribution is 2.50. The molecule has 6 nitrogen and oxygen atoms in total. The fourth-order valence-corrected chi connectivity index (χ4v) is 5.58. The highest BCUT2D eigenvalue weighted by molar-refractivity contribution is 5.35. The molecule has 39 heavy (non-hydrogen) atoms. The van der Waals surface area contributed by atoms with Crippen LogP contribution in [0.25, 0.3) is 0 Å². The van der Waals surface area contributed by atoms with Gasteiger partial charge in [0.2, 0.25) is 0 Å². The molecule has 2 aliphatic rings. The summed E-state index contributed by atoms with van der Waals surface area (Å²) in [6.07, 6.45) is -11.9. The van der Waals surface area contributed by atoms with Crippen LogP contribution in [-0.2, 0) is 35.8 Å². The molecule has 1 N–H and O–H groups in total. The lowest BCUT2D eigenvalue weighted by molar-refractivity contribution is -0.143. The number of halogens is 8. The van der Waals surface area contributed by atoms with Crippen molar-refractivity contribution < 1.29 is 39.9 Å². The minimum Gasteiger partial charge on any atom is -0.371 e. The molecule has 5 rings (SSSR count). The molecule has 2 aliphatic heterocycles. The third-order valence-electron chi connectivity index (χ3n) is 7.25. The quantitative estimate of drug-likeness (QED) is 0.376. The van der Waals surface area contributed by atoms with Gasteiger partial charge in [-0.1, -0.05) is 30.3 Å². The Bertz CT molecular complexity index is 1260. The predicted octanol–water partition coefficient (Wildman–Crippen LogP) is 5.70. The zero-order valence-corrected chi connectivity index (χ0v) is 20.2. The Morgan fingerprint density at radius 3 is 2.26 bits per heavy atom. The number of benzene rings is 2. The molecule has 0 amide bonds. The SMILES string of the molecule is FC(F)Cn1nnc(C2CC3(c4ccccc4)NC2CCC3OCc2cc(C(F)(F)F)cc(C(F)(F)F)c2)n1. The maximum Gasteiger partial charge on any atom is 0.416 e. The molecule has 0 radical (unpaired) electrons. The minimum absolute atomic E-state index is 0.0808. The Balaban J connectivity index is 1.43. The van der Waals surface area contributed by atoms with Gasteiger partial charge >= 0.3 is 12.4 Å². The van der Waals surface area contributed by atoms with Gasteiger partial charge in [0.25, 0.3) is 6.43 Å². The van der Waals surface area contributed by atoms with Crippen molar-refractivity contribution in [2.75, 3.05) is 0 Å². The van der Waals surface area contributed by atoms with Crippen LogP contribution < -0.4 is 5.32 Å². The van der Waals surface area contributed by atoms with E-state index in [0.717, 1.165) is 10.4 Å². The lowest BCUT2D eigenvalue weighted by Gasteiger charge is -2.42. The van der Waals surface area contributed by atoms with Crippen molar-refractivity contribution in [1.82, 2.24) is 25.5 Å². The van der Waals surface area contributed by atoms with Crippen LogP contribution in [0.1, 0.15) is 53.3 Å². The van der Waals surface area contributed by atoms with Gasteiger partial charge in [0.15, 0.2) is 5.82 Å². The lowest BCUT2D eigenvalue weighted by atomic mass is 9.80. The Hall–Kier alpha value is -3.13. The van der Waals surface area contributed by atoms with E-state index >= 15 is 0 Å². The zero-order chi connectivity index (χ0) is 28.0. The van der Waals surface area contributed by atoms with Gasteiger partial charge in [0, 0.05) is 12.0 Å². The van der Waals surface area contributed by atoms with Crippen LogP contribution in [0, 0.1) is 0 Å². The second-order valence-corrected chi connectivity index (χ2v) is 9.78. The van der Waals surface area contributed by atoms with E-state index < -0.39 is 54.7 Å². The fraction of sp³-hybridized carbons (Fsp3) is 0.480. The van der Waals surface area contributed by atoms with Crippen LogP contribution in [0.2, 0.25) is 0 Å². The Morgan fingerprint density at radius 1 is 0.974 bits per heavy atom. The number of tetrazole rings is 1. The molecule has 4 atom stereocenters. The predicted molar refractivity (Wildman–Crippen MR) is 120 cm³/mol. The fourth-order valence-electron chi connectivity index (χ4n) is 5.58. The van der Waals surface area contributed by atoms with Crippen molar-refractivity contribution in [2.45, 2.75) is 74.8 Å². The van der Waals surface area contributed by atoms with Gasteiger partial charge in [-0.15, -0.1) is 10.2 Å². The van der Waals surface area contributed by atoms with Gasteiger partial charge < -0.3 is 10.1 Å². The van der Waals surface area contributed by atoms with Crippen LogP contribution >= 0.6 is 0 Å². The topological polar surface area (TPSA) is 64.9 Å². The maximum atomic E-state index is 13.3. The Kier molecular flexibility index (Phi) is 7.12. The van der Waals surface area contributed by atoms with Gasteiger partial charge in [-0.25, -0.2) is 8.78 Å². The van der Waals surface area contributed by atoms with E-state index in [1.807, 2.05) is 18.2 Å². The van der Waals surface area contributed by atoms with Crippen LogP contribution in [0.5, 0.6) is 0 Å². The molecule has 2 aromatic carbocycles. The molecule has 1 aromatic heterocycles. The number of rotatable bonds is 7. The molecule has 14 heteroatoms. The van der Waals surface area contributed by atoms with Crippen molar-refractivity contribution >= 4 is 0 Å². The highest BCUT2D eigenvalue weighted by atomic mass is 19.4.